The monoisotopic (exact) mass is 454 g/mol. The number of urea groups is 1. The highest BCUT2D eigenvalue weighted by atomic mass is 35.5. The number of hydrogen-bond acceptors (Lipinski definition) is 5. The molecule has 1 unspecified atom stereocenters. The molecule has 3 N–H and O–H groups in total. The van der Waals surface area contributed by atoms with Gasteiger partial charge in [-0.1, -0.05) is 30.3 Å². The molecule has 0 radical (unpaired) electrons. The van der Waals surface area contributed by atoms with Crippen molar-refractivity contribution in [1.82, 2.24) is 9.80 Å². The third-order valence-electron chi connectivity index (χ3n) is 4.13. The fraction of sp³-hybridized carbons (Fsp3) is 0.364. The number of carbonyl (C=O) groups excluding carboxylic acids is 2. The fourth-order valence-corrected chi connectivity index (χ4v) is 2.62. The van der Waals surface area contributed by atoms with Gasteiger partial charge in [0.05, 0.1) is 0 Å². The maximum absolute atomic E-state index is 11.9. The third kappa shape index (κ3) is 12.6. The van der Waals surface area contributed by atoms with Crippen LogP contribution >= 0.6 is 11.6 Å². The van der Waals surface area contributed by atoms with Crippen molar-refractivity contribution in [2.75, 3.05) is 32.5 Å². The summed E-state index contributed by atoms with van der Waals surface area (Å²) < 4.78 is 11.9. The summed E-state index contributed by atoms with van der Waals surface area (Å²) in [5.41, 5.74) is 6.91. The van der Waals surface area contributed by atoms with Crippen molar-refractivity contribution in [2.45, 2.75) is 25.5 Å². The molecule has 0 aromatic heterocycles. The smallest absolute Gasteiger partial charge is 0.321 e. The molecule has 7 nitrogen and oxygen atoms in total. The lowest BCUT2D eigenvalue weighted by molar-refractivity contribution is -0.218. The molecule has 1 atom stereocenters. The number of nitrogens with one attached hydrogen (secondary N) is 1. The summed E-state index contributed by atoms with van der Waals surface area (Å²) in [5.74, 6) is 0. The number of nitrogens with zero attached hydrogens (tertiary/aromatic N) is 2. The molecule has 1 aliphatic rings. The Kier molecular flexibility index (Phi) is 15.6. The van der Waals surface area contributed by atoms with Crippen molar-refractivity contribution in [3.63, 3.8) is 0 Å². The van der Waals surface area contributed by atoms with Gasteiger partial charge in [-0.15, -0.1) is 0 Å². The normalized spacial score (nSPS) is 14.4. The second kappa shape index (κ2) is 17.0. The summed E-state index contributed by atoms with van der Waals surface area (Å²) in [4.78, 5) is 26.9. The molecule has 0 saturated carbocycles. The highest BCUT2D eigenvalue weighted by molar-refractivity contribution is 6.30. The molecule has 0 bridgehead atoms. The van der Waals surface area contributed by atoms with Crippen LogP contribution in [0.25, 0.3) is 0 Å². The third-order valence-corrected chi connectivity index (χ3v) is 4.38. The Morgan fingerprint density at radius 1 is 1.32 bits per heavy atom. The zero-order valence-corrected chi connectivity index (χ0v) is 18.9. The van der Waals surface area contributed by atoms with Crippen molar-refractivity contribution in [3.05, 3.63) is 65.9 Å². The minimum absolute atomic E-state index is 0.0187. The number of halogens is 2. The maximum atomic E-state index is 11.9. The van der Waals surface area contributed by atoms with Crippen molar-refractivity contribution in [3.8, 4) is 0 Å². The predicted molar refractivity (Wildman–Crippen MR) is 124 cm³/mol. The van der Waals surface area contributed by atoms with E-state index in [2.05, 4.69) is 16.8 Å². The van der Waals surface area contributed by atoms with E-state index in [9.17, 15) is 9.32 Å². The minimum Gasteiger partial charge on any atom is -0.399 e. The van der Waals surface area contributed by atoms with Crippen LogP contribution in [0, 0.1) is 0 Å². The first kappa shape index (κ1) is 28.3. The molecular formula is C22H32ClFN4O3. The highest BCUT2D eigenvalue weighted by Gasteiger charge is 2.17. The number of benzene rings is 1. The first-order chi connectivity index (χ1) is 14.9. The molecule has 0 aliphatic carbocycles. The lowest BCUT2D eigenvalue weighted by Gasteiger charge is -2.17. The molecule has 1 fully saturated rings. The molecular weight excluding hydrogens is 423 g/mol. The number of nitrogens with two attached hydrogens (primary N) is 1. The predicted octanol–water partition coefficient (Wildman–Crippen LogP) is 4.53. The topological polar surface area (TPSA) is 87.9 Å². The van der Waals surface area contributed by atoms with Crippen molar-refractivity contribution in [2.24, 2.45) is 5.73 Å². The standard InChI is InChI=1S/C11H13ClN2O.C10H17FN2O.CH2O/c12-9-3-5-10(6-4-9)13-11(15)14-7-1-2-8-14;1-4-6-9(12)7-5-8-10(14-11)13(2)3;1-2/h3-6H,1-2,7-8H2,(H,13,15);4-7,10H,1,8,12H2,2-3H3;1H2/b;7-5-,9-6+;. The molecule has 31 heavy (non-hydrogen) atoms. The van der Waals surface area contributed by atoms with E-state index in [1.165, 1.54) is 0 Å². The lowest BCUT2D eigenvalue weighted by atomic mass is 10.3. The Morgan fingerprint density at radius 2 is 1.90 bits per heavy atom. The average Bonchev–Trinajstić information content (AvgIpc) is 3.30. The number of amides is 2. The summed E-state index contributed by atoms with van der Waals surface area (Å²) >= 11 is 5.75. The van der Waals surface area contributed by atoms with Crippen molar-refractivity contribution >= 4 is 30.1 Å². The Balaban J connectivity index is 0.000000540. The fourth-order valence-electron chi connectivity index (χ4n) is 2.50. The Labute approximate surface area is 188 Å². The SMILES string of the molecule is C=C/C=C(N)\C=C/CC(OF)N(C)C.C=O.O=C(Nc1ccc(Cl)cc1)N1CCCC1. The van der Waals surface area contributed by atoms with E-state index in [1.54, 1.807) is 67.6 Å². The summed E-state index contributed by atoms with van der Waals surface area (Å²) in [7, 11) is 3.47. The van der Waals surface area contributed by atoms with E-state index in [1.807, 2.05) is 11.7 Å². The van der Waals surface area contributed by atoms with Crippen LogP contribution in [0.4, 0.5) is 15.0 Å². The Morgan fingerprint density at radius 3 is 2.39 bits per heavy atom. The van der Waals surface area contributed by atoms with E-state index in [0.29, 0.717) is 17.1 Å². The van der Waals surface area contributed by atoms with E-state index in [0.717, 1.165) is 31.6 Å². The summed E-state index contributed by atoms with van der Waals surface area (Å²) in [6.45, 7) is 7.23. The minimum atomic E-state index is -0.567. The number of carbonyl (C=O) groups is 2. The van der Waals surface area contributed by atoms with Gasteiger partial charge < -0.3 is 20.7 Å². The second-order valence-electron chi connectivity index (χ2n) is 6.68. The van der Waals surface area contributed by atoms with Crippen LogP contribution in [0.3, 0.4) is 0 Å². The van der Waals surface area contributed by atoms with E-state index >= 15 is 0 Å². The molecule has 0 spiro atoms. The second-order valence-corrected chi connectivity index (χ2v) is 7.12. The van der Waals surface area contributed by atoms with Gasteiger partial charge in [0.25, 0.3) is 0 Å². The molecule has 2 rings (SSSR count). The number of allylic oxidation sites excluding steroid dienone is 3. The van der Waals surface area contributed by atoms with Crippen molar-refractivity contribution < 1.29 is 19.1 Å². The van der Waals surface area contributed by atoms with Gasteiger partial charge in [0.15, 0.2) is 6.23 Å². The van der Waals surface area contributed by atoms with Gasteiger partial charge in [0.2, 0.25) is 0 Å². The Hall–Kier alpha value is -2.68. The van der Waals surface area contributed by atoms with Crippen LogP contribution in [-0.2, 0) is 9.74 Å². The summed E-state index contributed by atoms with van der Waals surface area (Å²) in [6, 6.07) is 7.12. The highest BCUT2D eigenvalue weighted by Crippen LogP contribution is 2.15. The molecule has 9 heteroatoms. The molecule has 1 aliphatic heterocycles. The van der Waals surface area contributed by atoms with Gasteiger partial charge in [0.1, 0.15) is 6.79 Å². The van der Waals surface area contributed by atoms with E-state index < -0.39 is 6.23 Å². The number of rotatable bonds is 7. The number of likely N-dealkylation sites (tertiary alicyclic amines) is 1. The van der Waals surface area contributed by atoms with Crippen molar-refractivity contribution in [1.29, 1.82) is 0 Å². The van der Waals surface area contributed by atoms with Crippen LogP contribution in [0.5, 0.6) is 0 Å². The molecule has 1 saturated heterocycles. The first-order valence-electron chi connectivity index (χ1n) is 9.66. The van der Waals surface area contributed by atoms with Crippen LogP contribution in [0.2, 0.25) is 5.02 Å². The van der Waals surface area contributed by atoms with Crippen LogP contribution in [0.1, 0.15) is 19.3 Å². The van der Waals surface area contributed by atoms with Crippen LogP contribution in [-0.4, -0.2) is 56.0 Å². The summed E-state index contributed by atoms with van der Waals surface area (Å²) in [6.07, 6.45) is 8.78. The number of hydrogen-bond donors (Lipinski definition) is 2. The summed E-state index contributed by atoms with van der Waals surface area (Å²) in [5, 5.41) is 3.51. The lowest BCUT2D eigenvalue weighted by Crippen LogP contribution is -2.32. The quantitative estimate of drug-likeness (QED) is 0.466. The van der Waals surface area contributed by atoms with Gasteiger partial charge in [-0.2, -0.15) is 4.94 Å². The average molecular weight is 455 g/mol. The Bertz CT molecular complexity index is 705. The van der Waals surface area contributed by atoms with Gasteiger partial charge in [-0.3, -0.25) is 4.90 Å². The van der Waals surface area contributed by atoms with Crippen LogP contribution < -0.4 is 11.1 Å². The molecule has 1 aromatic rings. The van der Waals surface area contributed by atoms with Gasteiger partial charge in [0, 0.05) is 35.9 Å². The largest absolute Gasteiger partial charge is 0.399 e. The van der Waals surface area contributed by atoms with Crippen LogP contribution in [0.15, 0.2) is 60.8 Å². The van der Waals surface area contributed by atoms with Gasteiger partial charge in [-0.25, -0.2) is 4.79 Å². The first-order valence-corrected chi connectivity index (χ1v) is 10.0. The van der Waals surface area contributed by atoms with Gasteiger partial charge in [-0.05, 0) is 67.9 Å². The zero-order valence-electron chi connectivity index (χ0n) is 18.1. The molecule has 1 aromatic carbocycles. The maximum Gasteiger partial charge on any atom is 0.321 e. The zero-order chi connectivity index (χ0) is 23.6. The molecule has 1 heterocycles. The van der Waals surface area contributed by atoms with E-state index in [4.69, 9.17) is 22.1 Å². The number of anilines is 1. The molecule has 172 valence electrons. The van der Waals surface area contributed by atoms with E-state index in [-0.39, 0.29) is 6.03 Å². The molecule has 2 amide bonds. The van der Waals surface area contributed by atoms with Gasteiger partial charge >= 0.3 is 6.03 Å².